The van der Waals surface area contributed by atoms with Gasteiger partial charge in [-0.05, 0) is 80.5 Å². The highest BCUT2D eigenvalue weighted by molar-refractivity contribution is 7.71. The molecule has 1 aliphatic carbocycles. The van der Waals surface area contributed by atoms with Crippen LogP contribution in [0.4, 0.5) is 5.69 Å². The SMILES string of the molecule is CC(C(=O)Nc1ccc(OC2CCCC2)cc1)n1c(-c2cccs2)n[nH]c1=S. The Morgan fingerprint density at radius 2 is 2.07 bits per heavy atom. The third-order valence-electron chi connectivity index (χ3n) is 4.94. The molecule has 1 fully saturated rings. The maximum Gasteiger partial charge on any atom is 0.247 e. The molecule has 2 N–H and O–H groups in total. The Hall–Kier alpha value is -2.45. The molecular weight excluding hydrogens is 392 g/mol. The largest absolute Gasteiger partial charge is 0.490 e. The van der Waals surface area contributed by atoms with Gasteiger partial charge >= 0.3 is 0 Å². The average molecular weight is 415 g/mol. The van der Waals surface area contributed by atoms with Crippen LogP contribution >= 0.6 is 23.6 Å². The van der Waals surface area contributed by atoms with E-state index in [0.717, 1.165) is 29.2 Å². The number of nitrogens with one attached hydrogen (secondary N) is 2. The molecular formula is C20H22N4O2S2. The number of H-pyrrole nitrogens is 1. The normalized spacial score (nSPS) is 15.5. The molecule has 1 unspecified atom stereocenters. The quantitative estimate of drug-likeness (QED) is 0.545. The van der Waals surface area contributed by atoms with E-state index in [0.29, 0.717) is 16.7 Å². The van der Waals surface area contributed by atoms with Crippen LogP contribution in [0.1, 0.15) is 38.6 Å². The zero-order chi connectivity index (χ0) is 19.5. The smallest absolute Gasteiger partial charge is 0.247 e. The van der Waals surface area contributed by atoms with Gasteiger partial charge in [-0.2, -0.15) is 5.10 Å². The highest BCUT2D eigenvalue weighted by Crippen LogP contribution is 2.27. The van der Waals surface area contributed by atoms with E-state index >= 15 is 0 Å². The first-order valence-electron chi connectivity index (χ1n) is 9.40. The average Bonchev–Trinajstić information content (AvgIpc) is 3.44. The first kappa shape index (κ1) is 18.9. The molecule has 3 aromatic rings. The van der Waals surface area contributed by atoms with Gasteiger partial charge in [0.2, 0.25) is 5.91 Å². The van der Waals surface area contributed by atoms with E-state index in [2.05, 4.69) is 15.5 Å². The van der Waals surface area contributed by atoms with Gasteiger partial charge in [0.15, 0.2) is 10.6 Å². The molecule has 1 amide bonds. The van der Waals surface area contributed by atoms with E-state index in [1.165, 1.54) is 12.8 Å². The molecule has 0 bridgehead atoms. The fraction of sp³-hybridized carbons (Fsp3) is 0.350. The Labute approximate surface area is 172 Å². The number of aromatic amines is 1. The highest BCUT2D eigenvalue weighted by Gasteiger charge is 2.21. The summed E-state index contributed by atoms with van der Waals surface area (Å²) in [6, 6.07) is 10.9. The van der Waals surface area contributed by atoms with Crippen LogP contribution in [0.2, 0.25) is 0 Å². The van der Waals surface area contributed by atoms with Crippen LogP contribution in [0, 0.1) is 4.77 Å². The number of carbonyl (C=O) groups excluding carboxylic acids is 1. The monoisotopic (exact) mass is 414 g/mol. The molecule has 0 aliphatic heterocycles. The van der Waals surface area contributed by atoms with Crippen molar-refractivity contribution in [2.45, 2.75) is 44.8 Å². The summed E-state index contributed by atoms with van der Waals surface area (Å²) < 4.78 is 8.14. The summed E-state index contributed by atoms with van der Waals surface area (Å²) in [4.78, 5) is 13.8. The molecule has 8 heteroatoms. The van der Waals surface area contributed by atoms with Crippen LogP contribution in [0.3, 0.4) is 0 Å². The topological polar surface area (TPSA) is 71.9 Å². The van der Waals surface area contributed by atoms with Crippen LogP contribution in [0.5, 0.6) is 5.75 Å². The molecule has 0 spiro atoms. The number of benzene rings is 1. The molecule has 1 aromatic carbocycles. The minimum absolute atomic E-state index is 0.153. The molecule has 1 saturated carbocycles. The van der Waals surface area contributed by atoms with Crippen molar-refractivity contribution in [3.05, 3.63) is 46.5 Å². The Morgan fingerprint density at radius 3 is 2.75 bits per heavy atom. The van der Waals surface area contributed by atoms with Crippen molar-refractivity contribution in [1.82, 2.24) is 14.8 Å². The van der Waals surface area contributed by atoms with E-state index in [1.54, 1.807) is 15.9 Å². The lowest BCUT2D eigenvalue weighted by atomic mass is 10.2. The number of hydrogen-bond acceptors (Lipinski definition) is 5. The number of carbonyl (C=O) groups is 1. The van der Waals surface area contributed by atoms with E-state index in [1.807, 2.05) is 48.7 Å². The number of nitrogens with zero attached hydrogens (tertiary/aromatic N) is 2. The van der Waals surface area contributed by atoms with Crippen molar-refractivity contribution in [1.29, 1.82) is 0 Å². The summed E-state index contributed by atoms with van der Waals surface area (Å²) in [5.74, 6) is 1.36. The molecule has 2 aromatic heterocycles. The maximum atomic E-state index is 12.8. The summed E-state index contributed by atoms with van der Waals surface area (Å²) in [6.07, 6.45) is 5.03. The maximum absolute atomic E-state index is 12.8. The Kier molecular flexibility index (Phi) is 5.59. The molecule has 1 aliphatic rings. The Balaban J connectivity index is 1.45. The van der Waals surface area contributed by atoms with Crippen molar-refractivity contribution in [3.8, 4) is 16.5 Å². The van der Waals surface area contributed by atoms with Crippen LogP contribution < -0.4 is 10.1 Å². The van der Waals surface area contributed by atoms with Gasteiger partial charge in [-0.15, -0.1) is 11.3 Å². The second-order valence-electron chi connectivity index (χ2n) is 6.91. The fourth-order valence-electron chi connectivity index (χ4n) is 3.42. The van der Waals surface area contributed by atoms with E-state index in [9.17, 15) is 4.79 Å². The van der Waals surface area contributed by atoms with Crippen molar-refractivity contribution in [3.63, 3.8) is 0 Å². The van der Waals surface area contributed by atoms with Crippen LogP contribution in [-0.4, -0.2) is 26.8 Å². The van der Waals surface area contributed by atoms with Crippen LogP contribution in [-0.2, 0) is 4.79 Å². The standard InChI is InChI=1S/C20H22N4O2S2/c1-13(24-18(22-23-20(24)27)17-7-4-12-28-17)19(25)21-14-8-10-16(11-9-14)26-15-5-2-3-6-15/h4,7-13,15H,2-3,5-6H2,1H3,(H,21,25)(H,23,27). The number of amides is 1. The van der Waals surface area contributed by atoms with Crippen molar-refractivity contribution < 1.29 is 9.53 Å². The van der Waals surface area contributed by atoms with Crippen LogP contribution in [0.25, 0.3) is 10.7 Å². The van der Waals surface area contributed by atoms with Crippen LogP contribution in [0.15, 0.2) is 41.8 Å². The fourth-order valence-corrected chi connectivity index (χ4v) is 4.42. The summed E-state index contributed by atoms with van der Waals surface area (Å²) in [6.45, 7) is 1.81. The lowest BCUT2D eigenvalue weighted by molar-refractivity contribution is -0.118. The molecule has 1 atom stereocenters. The summed E-state index contributed by atoms with van der Waals surface area (Å²) in [5.41, 5.74) is 0.725. The summed E-state index contributed by atoms with van der Waals surface area (Å²) in [5, 5.41) is 12.0. The van der Waals surface area contributed by atoms with Gasteiger partial charge in [0.05, 0.1) is 11.0 Å². The predicted molar refractivity (Wildman–Crippen MR) is 113 cm³/mol. The molecule has 0 radical (unpaired) electrons. The van der Waals surface area contributed by atoms with Gasteiger partial charge in [-0.1, -0.05) is 6.07 Å². The lowest BCUT2D eigenvalue weighted by Gasteiger charge is -2.16. The zero-order valence-electron chi connectivity index (χ0n) is 15.6. The molecule has 28 heavy (non-hydrogen) atoms. The molecule has 2 heterocycles. The van der Waals surface area contributed by atoms with Gasteiger partial charge in [-0.25, -0.2) is 0 Å². The highest BCUT2D eigenvalue weighted by atomic mass is 32.1. The number of ether oxygens (including phenoxy) is 1. The van der Waals surface area contributed by atoms with Crippen molar-refractivity contribution in [2.24, 2.45) is 0 Å². The molecule has 0 saturated heterocycles. The van der Waals surface area contributed by atoms with Gasteiger partial charge in [0.1, 0.15) is 11.8 Å². The number of thiophene rings is 1. The van der Waals surface area contributed by atoms with Crippen molar-refractivity contribution >= 4 is 35.1 Å². The first-order chi connectivity index (χ1) is 13.6. The van der Waals surface area contributed by atoms with E-state index in [4.69, 9.17) is 17.0 Å². The van der Waals surface area contributed by atoms with Crippen molar-refractivity contribution in [2.75, 3.05) is 5.32 Å². The predicted octanol–water partition coefficient (Wildman–Crippen LogP) is 5.19. The number of rotatable bonds is 6. The number of anilines is 1. The Bertz CT molecular complexity index is 986. The molecule has 146 valence electrons. The van der Waals surface area contributed by atoms with Gasteiger partial charge in [0.25, 0.3) is 0 Å². The zero-order valence-corrected chi connectivity index (χ0v) is 17.2. The van der Waals surface area contributed by atoms with Gasteiger partial charge < -0.3 is 10.1 Å². The van der Waals surface area contributed by atoms with Gasteiger partial charge in [0, 0.05) is 5.69 Å². The molecule has 6 nitrogen and oxygen atoms in total. The third-order valence-corrected chi connectivity index (χ3v) is 6.09. The first-order valence-corrected chi connectivity index (χ1v) is 10.7. The number of hydrogen-bond donors (Lipinski definition) is 2. The minimum Gasteiger partial charge on any atom is -0.490 e. The number of aromatic nitrogens is 3. The second kappa shape index (κ2) is 8.28. The summed E-state index contributed by atoms with van der Waals surface area (Å²) in [7, 11) is 0. The summed E-state index contributed by atoms with van der Waals surface area (Å²) >= 11 is 6.90. The van der Waals surface area contributed by atoms with Gasteiger partial charge in [-0.3, -0.25) is 14.5 Å². The lowest BCUT2D eigenvalue weighted by Crippen LogP contribution is -2.24. The third kappa shape index (κ3) is 4.02. The minimum atomic E-state index is -0.502. The second-order valence-corrected chi connectivity index (χ2v) is 8.25. The van der Waals surface area contributed by atoms with E-state index in [-0.39, 0.29) is 5.91 Å². The Morgan fingerprint density at radius 1 is 1.32 bits per heavy atom. The molecule has 4 rings (SSSR count). The van der Waals surface area contributed by atoms with E-state index < -0.39 is 6.04 Å².